The SMILES string of the molecule is Cc1cc(-c2n[nH]c3ccc(C(=O)NC4CCCC(Oc5ccccc5F)C4)cc23)ccn1. The highest BCUT2D eigenvalue weighted by molar-refractivity contribution is 6.01. The van der Waals surface area contributed by atoms with E-state index in [4.69, 9.17) is 4.74 Å². The summed E-state index contributed by atoms with van der Waals surface area (Å²) in [4.78, 5) is 17.3. The summed E-state index contributed by atoms with van der Waals surface area (Å²) in [5, 5.41) is 11.5. The largest absolute Gasteiger partial charge is 0.487 e. The molecule has 2 heterocycles. The summed E-state index contributed by atoms with van der Waals surface area (Å²) in [6.45, 7) is 1.94. The normalized spacial score (nSPS) is 18.2. The summed E-state index contributed by atoms with van der Waals surface area (Å²) in [5.74, 6) is -0.234. The number of fused-ring (bicyclic) bond motifs is 1. The Morgan fingerprint density at radius 2 is 2.03 bits per heavy atom. The number of benzene rings is 2. The molecule has 2 aromatic heterocycles. The van der Waals surface area contributed by atoms with E-state index in [1.165, 1.54) is 6.07 Å². The summed E-state index contributed by atoms with van der Waals surface area (Å²) in [6.07, 6.45) is 4.91. The molecule has 7 heteroatoms. The average Bonchev–Trinajstić information content (AvgIpc) is 3.24. The second-order valence-electron chi connectivity index (χ2n) is 8.53. The zero-order valence-electron chi connectivity index (χ0n) is 18.3. The summed E-state index contributed by atoms with van der Waals surface area (Å²) >= 11 is 0. The molecule has 2 unspecified atom stereocenters. The smallest absolute Gasteiger partial charge is 0.251 e. The second kappa shape index (κ2) is 9.02. The number of halogens is 1. The van der Waals surface area contributed by atoms with Gasteiger partial charge in [0, 0.05) is 40.9 Å². The molecule has 1 saturated carbocycles. The number of rotatable bonds is 5. The number of aryl methyl sites for hydroxylation is 1. The zero-order chi connectivity index (χ0) is 22.8. The molecule has 0 saturated heterocycles. The first-order valence-electron chi connectivity index (χ1n) is 11.2. The van der Waals surface area contributed by atoms with Crippen molar-refractivity contribution in [3.8, 4) is 17.0 Å². The van der Waals surface area contributed by atoms with E-state index in [-0.39, 0.29) is 29.6 Å². The minimum absolute atomic E-state index is 0.0228. The summed E-state index contributed by atoms with van der Waals surface area (Å²) in [7, 11) is 0. The lowest BCUT2D eigenvalue weighted by molar-refractivity contribution is 0.0878. The van der Waals surface area contributed by atoms with Gasteiger partial charge in [0.1, 0.15) is 11.8 Å². The molecule has 2 N–H and O–H groups in total. The molecule has 6 nitrogen and oxygen atoms in total. The first-order chi connectivity index (χ1) is 16.1. The summed E-state index contributed by atoms with van der Waals surface area (Å²) < 4.78 is 19.8. The highest BCUT2D eigenvalue weighted by Gasteiger charge is 2.26. The Labute approximate surface area is 191 Å². The van der Waals surface area contributed by atoms with Crippen LogP contribution in [0.4, 0.5) is 4.39 Å². The van der Waals surface area contributed by atoms with Crippen LogP contribution in [-0.2, 0) is 0 Å². The van der Waals surface area contributed by atoms with Crippen molar-refractivity contribution in [1.29, 1.82) is 0 Å². The van der Waals surface area contributed by atoms with E-state index in [9.17, 15) is 9.18 Å². The van der Waals surface area contributed by atoms with E-state index in [1.807, 2.05) is 31.2 Å². The van der Waals surface area contributed by atoms with Crippen molar-refractivity contribution in [2.75, 3.05) is 0 Å². The van der Waals surface area contributed by atoms with Crippen molar-refractivity contribution < 1.29 is 13.9 Å². The number of hydrogen-bond acceptors (Lipinski definition) is 4. The van der Waals surface area contributed by atoms with Crippen molar-refractivity contribution in [1.82, 2.24) is 20.5 Å². The predicted octanol–water partition coefficient (Wildman–Crippen LogP) is 5.19. The van der Waals surface area contributed by atoms with E-state index in [0.29, 0.717) is 12.0 Å². The third-order valence-corrected chi connectivity index (χ3v) is 6.09. The number of ether oxygens (including phenoxy) is 1. The molecular weight excluding hydrogens is 419 g/mol. The zero-order valence-corrected chi connectivity index (χ0v) is 18.3. The lowest BCUT2D eigenvalue weighted by atomic mass is 9.92. The van der Waals surface area contributed by atoms with Crippen LogP contribution in [0.25, 0.3) is 22.2 Å². The molecule has 1 aliphatic rings. The van der Waals surface area contributed by atoms with Crippen molar-refractivity contribution in [3.05, 3.63) is 77.9 Å². The number of pyridine rings is 1. The van der Waals surface area contributed by atoms with Gasteiger partial charge in [0.2, 0.25) is 0 Å². The fourth-order valence-electron chi connectivity index (χ4n) is 4.44. The van der Waals surface area contributed by atoms with Crippen LogP contribution in [0.5, 0.6) is 5.75 Å². The fourth-order valence-corrected chi connectivity index (χ4v) is 4.44. The molecule has 1 amide bonds. The number of carbonyl (C=O) groups excluding carboxylic acids is 1. The van der Waals surface area contributed by atoms with E-state index in [0.717, 1.165) is 47.1 Å². The highest BCUT2D eigenvalue weighted by atomic mass is 19.1. The summed E-state index contributed by atoms with van der Waals surface area (Å²) in [5.41, 5.74) is 4.09. The van der Waals surface area contributed by atoms with E-state index in [1.54, 1.807) is 30.5 Å². The van der Waals surface area contributed by atoms with Crippen molar-refractivity contribution >= 4 is 16.8 Å². The third-order valence-electron chi connectivity index (χ3n) is 6.09. The van der Waals surface area contributed by atoms with Gasteiger partial charge in [-0.1, -0.05) is 12.1 Å². The Bertz CT molecular complexity index is 1300. The number of nitrogens with zero attached hydrogens (tertiary/aromatic N) is 2. The second-order valence-corrected chi connectivity index (χ2v) is 8.53. The maximum absolute atomic E-state index is 13.9. The van der Waals surface area contributed by atoms with Crippen LogP contribution in [0.1, 0.15) is 41.7 Å². The number of H-pyrrole nitrogens is 1. The van der Waals surface area contributed by atoms with Gasteiger partial charge in [0.05, 0.1) is 5.52 Å². The number of nitrogens with one attached hydrogen (secondary N) is 2. The van der Waals surface area contributed by atoms with Gasteiger partial charge in [-0.2, -0.15) is 5.10 Å². The van der Waals surface area contributed by atoms with Gasteiger partial charge in [0.25, 0.3) is 5.91 Å². The Morgan fingerprint density at radius 1 is 1.15 bits per heavy atom. The molecule has 0 bridgehead atoms. The first-order valence-corrected chi connectivity index (χ1v) is 11.2. The summed E-state index contributed by atoms with van der Waals surface area (Å²) in [6, 6.07) is 15.8. The standard InChI is InChI=1S/C26H25FN4O2/c1-16-13-17(11-12-28-16)25-21-14-18(9-10-23(21)30-31-25)26(32)29-19-5-4-6-20(15-19)33-24-8-3-2-7-22(24)27/h2-3,7-14,19-20H,4-6,15H2,1H3,(H,29,32)(H,30,31). The molecule has 1 aliphatic carbocycles. The molecule has 0 spiro atoms. The molecule has 0 radical (unpaired) electrons. The van der Waals surface area contributed by atoms with Gasteiger partial charge in [0.15, 0.2) is 11.6 Å². The van der Waals surface area contributed by atoms with Gasteiger partial charge in [-0.05, 0) is 68.7 Å². The Morgan fingerprint density at radius 3 is 2.88 bits per heavy atom. The third kappa shape index (κ3) is 4.58. The molecule has 1 fully saturated rings. The van der Waals surface area contributed by atoms with Crippen LogP contribution in [0.15, 0.2) is 60.8 Å². The number of aromatic amines is 1. The van der Waals surface area contributed by atoms with E-state index >= 15 is 0 Å². The predicted molar refractivity (Wildman–Crippen MR) is 125 cm³/mol. The highest BCUT2D eigenvalue weighted by Crippen LogP contribution is 2.28. The molecule has 5 rings (SSSR count). The van der Waals surface area contributed by atoms with Gasteiger partial charge in [-0.25, -0.2) is 4.39 Å². The van der Waals surface area contributed by atoms with E-state index < -0.39 is 0 Å². The molecular formula is C26H25FN4O2. The van der Waals surface area contributed by atoms with E-state index in [2.05, 4.69) is 20.5 Å². The van der Waals surface area contributed by atoms with Gasteiger partial charge < -0.3 is 10.1 Å². The van der Waals surface area contributed by atoms with Crippen LogP contribution in [0.3, 0.4) is 0 Å². The van der Waals surface area contributed by atoms with Gasteiger partial charge in [-0.15, -0.1) is 0 Å². The first kappa shape index (κ1) is 21.1. The van der Waals surface area contributed by atoms with Crippen molar-refractivity contribution in [2.24, 2.45) is 0 Å². The number of para-hydroxylation sites is 1. The minimum atomic E-state index is -0.364. The Hall–Kier alpha value is -3.74. The molecule has 4 aromatic rings. The maximum atomic E-state index is 13.9. The lowest BCUT2D eigenvalue weighted by Crippen LogP contribution is -2.41. The molecule has 0 aliphatic heterocycles. The monoisotopic (exact) mass is 444 g/mol. The quantitative estimate of drug-likeness (QED) is 0.444. The van der Waals surface area contributed by atoms with Crippen molar-refractivity contribution in [3.63, 3.8) is 0 Å². The Kier molecular flexibility index (Phi) is 5.77. The maximum Gasteiger partial charge on any atom is 0.251 e. The Balaban J connectivity index is 1.30. The van der Waals surface area contributed by atoms with Gasteiger partial charge in [-0.3, -0.25) is 14.9 Å². The molecule has 33 heavy (non-hydrogen) atoms. The van der Waals surface area contributed by atoms with Crippen molar-refractivity contribution in [2.45, 2.75) is 44.8 Å². The molecule has 168 valence electrons. The topological polar surface area (TPSA) is 79.9 Å². The average molecular weight is 445 g/mol. The van der Waals surface area contributed by atoms with Crippen LogP contribution >= 0.6 is 0 Å². The van der Waals surface area contributed by atoms with Crippen LogP contribution in [0, 0.1) is 12.7 Å². The lowest BCUT2D eigenvalue weighted by Gasteiger charge is -2.30. The van der Waals surface area contributed by atoms with Crippen LogP contribution in [0.2, 0.25) is 0 Å². The number of aromatic nitrogens is 3. The number of carbonyl (C=O) groups is 1. The molecule has 2 aromatic carbocycles. The van der Waals surface area contributed by atoms with Crippen LogP contribution in [-0.4, -0.2) is 33.2 Å². The number of hydrogen-bond donors (Lipinski definition) is 2. The van der Waals surface area contributed by atoms with Crippen LogP contribution < -0.4 is 10.1 Å². The fraction of sp³-hybridized carbons (Fsp3) is 0.269. The molecule has 2 atom stereocenters. The van der Waals surface area contributed by atoms with Gasteiger partial charge >= 0.3 is 0 Å². The number of amides is 1. The minimum Gasteiger partial charge on any atom is -0.487 e.